The molecule has 3 aromatic carbocycles. The number of rotatable bonds is 9. The van der Waals surface area contributed by atoms with Gasteiger partial charge in [0, 0.05) is 0 Å². The van der Waals surface area contributed by atoms with Gasteiger partial charge >= 0.3 is 5.97 Å². The molecular formula is C29H34O5. The van der Waals surface area contributed by atoms with Gasteiger partial charge in [0.25, 0.3) is 0 Å². The van der Waals surface area contributed by atoms with Crippen LogP contribution in [0.25, 0.3) is 11.1 Å². The molecule has 0 saturated heterocycles. The predicted molar refractivity (Wildman–Crippen MR) is 135 cm³/mol. The summed E-state index contributed by atoms with van der Waals surface area (Å²) >= 11 is 0. The van der Waals surface area contributed by atoms with Crippen molar-refractivity contribution in [3.63, 3.8) is 0 Å². The zero-order valence-corrected chi connectivity index (χ0v) is 20.9. The summed E-state index contributed by atoms with van der Waals surface area (Å²) in [6.07, 6.45) is 0.117. The zero-order chi connectivity index (χ0) is 24.7. The molecule has 0 unspecified atom stereocenters. The van der Waals surface area contributed by atoms with Crippen LogP contribution in [0.5, 0.6) is 23.0 Å². The molecule has 0 N–H and O–H groups in total. The molecule has 3 rings (SSSR count). The van der Waals surface area contributed by atoms with Crippen molar-refractivity contribution in [1.29, 1.82) is 0 Å². The molecule has 180 valence electrons. The lowest BCUT2D eigenvalue weighted by Crippen LogP contribution is -2.14. The van der Waals surface area contributed by atoms with Crippen molar-refractivity contribution in [2.75, 3.05) is 13.2 Å². The number of benzene rings is 3. The predicted octanol–water partition coefficient (Wildman–Crippen LogP) is 7.17. The summed E-state index contributed by atoms with van der Waals surface area (Å²) in [6.45, 7) is 12.4. The second kappa shape index (κ2) is 11.1. The number of carbonyl (C=O) groups excluding carboxylic acids is 1. The Hall–Kier alpha value is -3.47. The van der Waals surface area contributed by atoms with Crippen LogP contribution in [0, 0.1) is 0 Å². The number of carbonyl (C=O) groups is 1. The van der Waals surface area contributed by atoms with Gasteiger partial charge in [-0.05, 0) is 79.3 Å². The van der Waals surface area contributed by atoms with E-state index in [0.29, 0.717) is 23.9 Å². The second-order valence-electron chi connectivity index (χ2n) is 9.32. The van der Waals surface area contributed by atoms with Crippen molar-refractivity contribution in [2.45, 2.75) is 53.1 Å². The maximum Gasteiger partial charge on any atom is 0.344 e. The van der Waals surface area contributed by atoms with Crippen LogP contribution in [0.15, 0.2) is 66.7 Å². The number of esters is 1. The van der Waals surface area contributed by atoms with Crippen molar-refractivity contribution in [3.05, 3.63) is 72.3 Å². The Kier molecular flexibility index (Phi) is 8.21. The van der Waals surface area contributed by atoms with Gasteiger partial charge in [-0.1, -0.05) is 51.1 Å². The minimum atomic E-state index is -0.423. The molecule has 0 bridgehead atoms. The Balaban J connectivity index is 1.88. The largest absolute Gasteiger partial charge is 0.491 e. The van der Waals surface area contributed by atoms with E-state index >= 15 is 0 Å². The molecule has 3 aromatic rings. The molecule has 0 aromatic heterocycles. The number of ether oxygens (including phenoxy) is 4. The smallest absolute Gasteiger partial charge is 0.344 e. The first-order valence-corrected chi connectivity index (χ1v) is 11.6. The van der Waals surface area contributed by atoms with Gasteiger partial charge in [-0.15, -0.1) is 0 Å². The summed E-state index contributed by atoms with van der Waals surface area (Å²) in [7, 11) is 0. The van der Waals surface area contributed by atoms with E-state index in [1.165, 1.54) is 5.56 Å². The van der Waals surface area contributed by atoms with Crippen molar-refractivity contribution < 1.29 is 23.7 Å². The number of hydrogen-bond donors (Lipinski definition) is 0. The monoisotopic (exact) mass is 462 g/mol. The molecule has 0 fully saturated rings. The molecule has 0 aliphatic rings. The van der Waals surface area contributed by atoms with Gasteiger partial charge in [0.05, 0.1) is 12.7 Å². The molecule has 0 spiro atoms. The SMILES string of the molecule is CCOC(=O)COc1ccc(-c2ccc(OC(C)C)cc2)cc1Oc1ccc(C(C)(C)C)cc1. The maximum atomic E-state index is 11.8. The van der Waals surface area contributed by atoms with Gasteiger partial charge in [0.1, 0.15) is 11.5 Å². The standard InChI is InChI=1S/C29H34O5/c1-7-31-28(30)19-32-26-17-10-22(21-8-13-24(14-9-21)33-20(2)3)18-27(26)34-25-15-11-23(12-16-25)29(4,5)6/h8-18,20H,7,19H2,1-6H3. The van der Waals surface area contributed by atoms with Crippen LogP contribution < -0.4 is 14.2 Å². The average molecular weight is 463 g/mol. The van der Waals surface area contributed by atoms with Crippen molar-refractivity contribution in [3.8, 4) is 34.1 Å². The Morgan fingerprint density at radius 3 is 2.03 bits per heavy atom. The zero-order valence-electron chi connectivity index (χ0n) is 20.9. The van der Waals surface area contributed by atoms with E-state index < -0.39 is 5.97 Å². The van der Waals surface area contributed by atoms with E-state index in [2.05, 4.69) is 32.9 Å². The van der Waals surface area contributed by atoms with Crippen LogP contribution in [0.4, 0.5) is 0 Å². The Labute approximate surface area is 202 Å². The van der Waals surface area contributed by atoms with Gasteiger partial charge in [0.2, 0.25) is 0 Å². The fraction of sp³-hybridized carbons (Fsp3) is 0.345. The summed E-state index contributed by atoms with van der Waals surface area (Å²) in [5.41, 5.74) is 3.25. The Morgan fingerprint density at radius 2 is 1.44 bits per heavy atom. The summed E-state index contributed by atoms with van der Waals surface area (Å²) < 4.78 is 22.7. The highest BCUT2D eigenvalue weighted by Gasteiger charge is 2.15. The Morgan fingerprint density at radius 1 is 0.824 bits per heavy atom. The minimum absolute atomic E-state index is 0.0534. The first-order chi connectivity index (χ1) is 16.2. The molecule has 0 saturated carbocycles. The number of hydrogen-bond acceptors (Lipinski definition) is 5. The molecule has 0 heterocycles. The van der Waals surface area contributed by atoms with E-state index in [1.807, 2.05) is 68.4 Å². The van der Waals surface area contributed by atoms with E-state index in [1.54, 1.807) is 6.92 Å². The topological polar surface area (TPSA) is 54.0 Å². The third kappa shape index (κ3) is 7.01. The molecule has 5 nitrogen and oxygen atoms in total. The fourth-order valence-corrected chi connectivity index (χ4v) is 3.37. The van der Waals surface area contributed by atoms with Gasteiger partial charge in [0.15, 0.2) is 18.1 Å². The molecule has 0 amide bonds. The molecule has 0 aliphatic heterocycles. The molecular weight excluding hydrogens is 428 g/mol. The van der Waals surface area contributed by atoms with Crippen LogP contribution in [0.1, 0.15) is 47.1 Å². The van der Waals surface area contributed by atoms with Crippen molar-refractivity contribution >= 4 is 5.97 Å². The van der Waals surface area contributed by atoms with E-state index in [9.17, 15) is 4.79 Å². The van der Waals surface area contributed by atoms with Crippen LogP contribution in [-0.2, 0) is 14.9 Å². The summed E-state index contributed by atoms with van der Waals surface area (Å²) in [5.74, 6) is 2.08. The second-order valence-corrected chi connectivity index (χ2v) is 9.32. The lowest BCUT2D eigenvalue weighted by molar-refractivity contribution is -0.145. The van der Waals surface area contributed by atoms with Gasteiger partial charge in [-0.2, -0.15) is 0 Å². The summed E-state index contributed by atoms with van der Waals surface area (Å²) in [5, 5.41) is 0. The first kappa shape index (κ1) is 25.2. The summed E-state index contributed by atoms with van der Waals surface area (Å²) in [6, 6.07) is 21.6. The quantitative estimate of drug-likeness (QED) is 0.315. The lowest BCUT2D eigenvalue weighted by Gasteiger charge is -2.19. The van der Waals surface area contributed by atoms with Crippen LogP contribution in [-0.4, -0.2) is 25.3 Å². The van der Waals surface area contributed by atoms with Crippen LogP contribution >= 0.6 is 0 Å². The van der Waals surface area contributed by atoms with Crippen molar-refractivity contribution in [1.82, 2.24) is 0 Å². The minimum Gasteiger partial charge on any atom is -0.491 e. The molecule has 5 heteroatoms. The first-order valence-electron chi connectivity index (χ1n) is 11.6. The van der Waals surface area contributed by atoms with Crippen molar-refractivity contribution in [2.24, 2.45) is 0 Å². The summed E-state index contributed by atoms with van der Waals surface area (Å²) in [4.78, 5) is 11.8. The Bertz CT molecular complexity index is 1080. The van der Waals surface area contributed by atoms with E-state index in [-0.39, 0.29) is 18.1 Å². The fourth-order valence-electron chi connectivity index (χ4n) is 3.37. The highest BCUT2D eigenvalue weighted by molar-refractivity contribution is 5.72. The molecule has 0 radical (unpaired) electrons. The van der Waals surface area contributed by atoms with Gasteiger partial charge < -0.3 is 18.9 Å². The molecule has 0 atom stereocenters. The highest BCUT2D eigenvalue weighted by Crippen LogP contribution is 2.37. The third-order valence-corrected chi connectivity index (χ3v) is 5.10. The van der Waals surface area contributed by atoms with Crippen LogP contribution in [0.3, 0.4) is 0 Å². The van der Waals surface area contributed by atoms with E-state index in [0.717, 1.165) is 16.9 Å². The maximum absolute atomic E-state index is 11.8. The molecule has 0 aliphatic carbocycles. The van der Waals surface area contributed by atoms with Gasteiger partial charge in [-0.25, -0.2) is 4.79 Å². The molecule has 34 heavy (non-hydrogen) atoms. The van der Waals surface area contributed by atoms with Crippen LogP contribution in [0.2, 0.25) is 0 Å². The van der Waals surface area contributed by atoms with E-state index in [4.69, 9.17) is 18.9 Å². The lowest BCUT2D eigenvalue weighted by atomic mass is 9.87. The van der Waals surface area contributed by atoms with Gasteiger partial charge in [-0.3, -0.25) is 0 Å². The average Bonchev–Trinajstić information content (AvgIpc) is 2.78. The normalized spacial score (nSPS) is 11.3. The third-order valence-electron chi connectivity index (χ3n) is 5.10. The highest BCUT2D eigenvalue weighted by atomic mass is 16.6.